The Balaban J connectivity index is 3.76. The molecule has 1 heterocycles. The van der Waals surface area contributed by atoms with Crippen molar-refractivity contribution in [3.63, 3.8) is 0 Å². The minimum absolute atomic E-state index is 0.0380. The van der Waals surface area contributed by atoms with Crippen LogP contribution in [0.2, 0.25) is 0 Å². The molecule has 0 saturated carbocycles. The van der Waals surface area contributed by atoms with Crippen LogP contribution in [0.1, 0.15) is 6.42 Å². The molecule has 1 rings (SSSR count). The van der Waals surface area contributed by atoms with Gasteiger partial charge in [0.2, 0.25) is 11.6 Å². The lowest BCUT2D eigenvalue weighted by atomic mass is 9.68. The molecule has 1 fully saturated rings. The van der Waals surface area contributed by atoms with Crippen molar-refractivity contribution in [2.24, 2.45) is 0 Å². The number of esters is 1. The van der Waals surface area contributed by atoms with E-state index in [1.807, 2.05) is 0 Å². The molecular formula is C15H22O13. The number of epoxide rings is 1. The number of aliphatic hydroxyl groups excluding tert-OH is 6. The van der Waals surface area contributed by atoms with Gasteiger partial charge in [0.05, 0.1) is 19.3 Å². The van der Waals surface area contributed by atoms with Gasteiger partial charge in [-0.3, -0.25) is 14.4 Å². The molecule has 0 amide bonds. The molecule has 0 aromatic rings. The second-order valence-corrected chi connectivity index (χ2v) is 6.08. The molecule has 7 N–H and O–H groups in total. The van der Waals surface area contributed by atoms with Gasteiger partial charge in [0, 0.05) is 6.42 Å². The first-order valence-electron chi connectivity index (χ1n) is 8.02. The van der Waals surface area contributed by atoms with Crippen molar-refractivity contribution in [2.45, 2.75) is 35.9 Å². The van der Waals surface area contributed by atoms with Crippen molar-refractivity contribution < 1.29 is 64.4 Å². The number of hydrogen-bond donors (Lipinski definition) is 7. The summed E-state index contributed by atoms with van der Waals surface area (Å²) < 4.78 is 9.45. The predicted octanol–water partition coefficient (Wildman–Crippen LogP) is -5.81. The third-order valence-corrected chi connectivity index (χ3v) is 4.24. The zero-order chi connectivity index (χ0) is 21.7. The van der Waals surface area contributed by atoms with Crippen molar-refractivity contribution in [3.8, 4) is 0 Å². The van der Waals surface area contributed by atoms with Crippen LogP contribution in [0.25, 0.3) is 0 Å². The van der Waals surface area contributed by atoms with Crippen molar-refractivity contribution in [2.75, 3.05) is 33.0 Å². The summed E-state index contributed by atoms with van der Waals surface area (Å²) in [4.78, 5) is 48.7. The summed E-state index contributed by atoms with van der Waals surface area (Å²) in [6.07, 6.45) is -6.54. The highest BCUT2D eigenvalue weighted by Gasteiger charge is 2.69. The van der Waals surface area contributed by atoms with E-state index < -0.39 is 85.7 Å². The van der Waals surface area contributed by atoms with Gasteiger partial charge >= 0.3 is 5.97 Å². The molecule has 13 heteroatoms. The van der Waals surface area contributed by atoms with Gasteiger partial charge in [0.25, 0.3) is 11.4 Å². The lowest BCUT2D eigenvalue weighted by Gasteiger charge is -2.46. The number of hydrogen-bond acceptors (Lipinski definition) is 13. The maximum absolute atomic E-state index is 12.7. The third kappa shape index (κ3) is 4.42. The van der Waals surface area contributed by atoms with E-state index in [-0.39, 0.29) is 6.61 Å². The van der Waals surface area contributed by atoms with E-state index in [0.717, 1.165) is 0 Å². The van der Waals surface area contributed by atoms with E-state index in [4.69, 9.17) is 20.1 Å². The Morgan fingerprint density at radius 3 is 2.00 bits per heavy atom. The molecule has 160 valence electrons. The molecule has 4 unspecified atom stereocenters. The van der Waals surface area contributed by atoms with E-state index in [2.05, 4.69) is 4.74 Å². The Labute approximate surface area is 157 Å². The summed E-state index contributed by atoms with van der Waals surface area (Å²) in [6, 6.07) is 0. The molecule has 0 radical (unpaired) electrons. The van der Waals surface area contributed by atoms with Crippen LogP contribution < -0.4 is 0 Å². The van der Waals surface area contributed by atoms with Gasteiger partial charge in [0.15, 0.2) is 5.60 Å². The van der Waals surface area contributed by atoms with E-state index in [0.29, 0.717) is 0 Å². The maximum Gasteiger partial charge on any atom is 0.333 e. The van der Waals surface area contributed by atoms with Gasteiger partial charge in [-0.25, -0.2) is 4.79 Å². The number of rotatable bonds is 13. The highest BCUT2D eigenvalue weighted by atomic mass is 16.6. The molecule has 1 aliphatic rings. The van der Waals surface area contributed by atoms with Crippen molar-refractivity contribution in [1.29, 1.82) is 0 Å². The fourth-order valence-corrected chi connectivity index (χ4v) is 2.76. The molecule has 13 nitrogen and oxygen atoms in total. The molecule has 0 spiro atoms. The standard InChI is InChI=1S/C15H22O13/c16-2-8(20)12(24)14(26,1-7-6-27-7)15(10(22)4-18,28-11(23)5-19)13(25)9(21)3-17/h7-8,12,16-20,24,26H,1-6H2/t7?,8?,12?,14?,15-/m1/s1. The lowest BCUT2D eigenvalue weighted by Crippen LogP contribution is -2.75. The lowest BCUT2D eigenvalue weighted by molar-refractivity contribution is -0.236. The highest BCUT2D eigenvalue weighted by Crippen LogP contribution is 2.40. The van der Waals surface area contributed by atoms with Crippen molar-refractivity contribution in [3.05, 3.63) is 0 Å². The monoisotopic (exact) mass is 410 g/mol. The molecule has 0 aliphatic carbocycles. The predicted molar refractivity (Wildman–Crippen MR) is 83.5 cm³/mol. The summed E-state index contributed by atoms with van der Waals surface area (Å²) in [5.74, 6) is -7.26. The second kappa shape index (κ2) is 9.58. The summed E-state index contributed by atoms with van der Waals surface area (Å²) in [7, 11) is 0. The van der Waals surface area contributed by atoms with Gasteiger partial charge in [-0.05, 0) is 0 Å². The average molecular weight is 410 g/mol. The van der Waals surface area contributed by atoms with Gasteiger partial charge in [-0.15, -0.1) is 0 Å². The minimum atomic E-state index is -3.65. The Hall–Kier alpha value is -1.84. The van der Waals surface area contributed by atoms with Crippen molar-refractivity contribution >= 4 is 23.3 Å². The Morgan fingerprint density at radius 1 is 1.04 bits per heavy atom. The van der Waals surface area contributed by atoms with Crippen LogP contribution in [-0.4, -0.2) is 122 Å². The smallest absolute Gasteiger partial charge is 0.333 e. The first-order valence-corrected chi connectivity index (χ1v) is 8.02. The number of ether oxygens (including phenoxy) is 2. The third-order valence-electron chi connectivity index (χ3n) is 4.24. The molecule has 1 aliphatic heterocycles. The fourth-order valence-electron chi connectivity index (χ4n) is 2.76. The van der Waals surface area contributed by atoms with Gasteiger partial charge in [-0.2, -0.15) is 0 Å². The van der Waals surface area contributed by atoms with Crippen LogP contribution in [0.3, 0.4) is 0 Å². The van der Waals surface area contributed by atoms with Gasteiger partial charge in [-0.1, -0.05) is 0 Å². The first kappa shape index (κ1) is 24.2. The van der Waals surface area contributed by atoms with Crippen LogP contribution in [0.15, 0.2) is 0 Å². The Bertz CT molecular complexity index is 615. The van der Waals surface area contributed by atoms with Gasteiger partial charge < -0.3 is 45.2 Å². The molecule has 0 bridgehead atoms. The second-order valence-electron chi connectivity index (χ2n) is 6.08. The topological polar surface area (TPSA) is 232 Å². The van der Waals surface area contributed by atoms with Crippen molar-refractivity contribution in [1.82, 2.24) is 0 Å². The number of ketones is 3. The number of carbonyl (C=O) groups excluding carboxylic acids is 4. The van der Waals surface area contributed by atoms with E-state index >= 15 is 0 Å². The number of aliphatic hydroxyl groups is 7. The zero-order valence-electron chi connectivity index (χ0n) is 14.6. The normalized spacial score (nSPS) is 22.3. The van der Waals surface area contributed by atoms with E-state index in [9.17, 15) is 39.6 Å². The zero-order valence-corrected chi connectivity index (χ0v) is 14.6. The molecule has 5 atom stereocenters. The maximum atomic E-state index is 12.7. The number of Topliss-reactive ketones (excluding diaryl/α,β-unsaturated/α-hetero) is 3. The minimum Gasteiger partial charge on any atom is -0.437 e. The van der Waals surface area contributed by atoms with Crippen LogP contribution in [0, 0.1) is 0 Å². The van der Waals surface area contributed by atoms with Crippen LogP contribution in [-0.2, 0) is 28.7 Å². The van der Waals surface area contributed by atoms with E-state index in [1.165, 1.54) is 0 Å². The molecule has 0 aromatic carbocycles. The van der Waals surface area contributed by atoms with Crippen LogP contribution in [0.5, 0.6) is 0 Å². The summed E-state index contributed by atoms with van der Waals surface area (Å²) >= 11 is 0. The molecular weight excluding hydrogens is 388 g/mol. The Morgan fingerprint density at radius 2 is 1.61 bits per heavy atom. The summed E-state index contributed by atoms with van der Waals surface area (Å²) in [5.41, 5.74) is -6.94. The quantitative estimate of drug-likeness (QED) is 0.0649. The highest BCUT2D eigenvalue weighted by molar-refractivity contribution is 6.46. The van der Waals surface area contributed by atoms with E-state index in [1.54, 1.807) is 0 Å². The SMILES string of the molecule is O=C(CO)O[C@](C(=O)CO)(C(=O)C(=O)CO)C(O)(CC1CO1)C(O)C(O)CO. The van der Waals surface area contributed by atoms with Crippen LogP contribution >= 0.6 is 0 Å². The molecule has 28 heavy (non-hydrogen) atoms. The van der Waals surface area contributed by atoms with Crippen LogP contribution in [0.4, 0.5) is 0 Å². The molecule has 0 aromatic heterocycles. The molecule has 1 saturated heterocycles. The largest absolute Gasteiger partial charge is 0.437 e. The average Bonchev–Trinajstić information content (AvgIpc) is 3.51. The summed E-state index contributed by atoms with van der Waals surface area (Å²) in [6.45, 7) is -5.74. The number of carbonyl (C=O) groups is 4. The first-order chi connectivity index (χ1) is 13.0. The summed E-state index contributed by atoms with van der Waals surface area (Å²) in [5, 5.41) is 67.5. The van der Waals surface area contributed by atoms with Gasteiger partial charge in [0.1, 0.15) is 32.0 Å². The fraction of sp³-hybridized carbons (Fsp3) is 0.733. The Kier molecular flexibility index (Phi) is 8.28.